The molecule has 1 aliphatic rings. The van der Waals surface area contributed by atoms with E-state index in [1.807, 2.05) is 0 Å². The van der Waals surface area contributed by atoms with Crippen molar-refractivity contribution in [3.8, 4) is 0 Å². The zero-order valence-electron chi connectivity index (χ0n) is 10.5. The molecule has 1 aliphatic heterocycles. The van der Waals surface area contributed by atoms with Gasteiger partial charge >= 0.3 is 0 Å². The molecular weight excluding hydrogens is 212 g/mol. The number of rotatable bonds is 4. The Kier molecular flexibility index (Phi) is 4.54. The monoisotopic (exact) mass is 234 g/mol. The molecule has 2 N–H and O–H groups in total. The summed E-state index contributed by atoms with van der Waals surface area (Å²) < 4.78 is 5.73. The van der Waals surface area contributed by atoms with E-state index >= 15 is 0 Å². The van der Waals surface area contributed by atoms with Gasteiger partial charge in [0.05, 0.1) is 12.7 Å². The first-order valence-electron chi connectivity index (χ1n) is 6.43. The highest BCUT2D eigenvalue weighted by Gasteiger charge is 2.24. The van der Waals surface area contributed by atoms with Crippen LogP contribution in [0.4, 0.5) is 0 Å². The zero-order chi connectivity index (χ0) is 12.1. The average Bonchev–Trinajstić information content (AvgIpc) is 2.39. The summed E-state index contributed by atoms with van der Waals surface area (Å²) in [5.41, 5.74) is 7.41. The van der Waals surface area contributed by atoms with Crippen molar-refractivity contribution in [3.63, 3.8) is 0 Å². The van der Waals surface area contributed by atoms with Crippen LogP contribution in [0.3, 0.4) is 0 Å². The second kappa shape index (κ2) is 6.15. The second-order valence-electron chi connectivity index (χ2n) is 4.70. The van der Waals surface area contributed by atoms with Crippen molar-refractivity contribution in [1.29, 1.82) is 0 Å². The van der Waals surface area contributed by atoms with Gasteiger partial charge in [-0.1, -0.05) is 37.3 Å². The Morgan fingerprint density at radius 3 is 2.88 bits per heavy atom. The lowest BCUT2D eigenvalue weighted by Crippen LogP contribution is -2.50. The Morgan fingerprint density at radius 2 is 2.18 bits per heavy atom. The lowest BCUT2D eigenvalue weighted by molar-refractivity contribution is -0.0434. The molecule has 0 radical (unpaired) electrons. The van der Waals surface area contributed by atoms with Crippen molar-refractivity contribution in [2.24, 2.45) is 5.73 Å². The van der Waals surface area contributed by atoms with E-state index in [0.29, 0.717) is 0 Å². The Labute approximate surface area is 104 Å². The van der Waals surface area contributed by atoms with Crippen molar-refractivity contribution in [2.75, 3.05) is 19.7 Å². The summed E-state index contributed by atoms with van der Waals surface area (Å²) in [6, 6.07) is 10.7. The highest BCUT2D eigenvalue weighted by atomic mass is 16.5. The van der Waals surface area contributed by atoms with Crippen molar-refractivity contribution in [3.05, 3.63) is 35.9 Å². The average molecular weight is 234 g/mol. The Bertz CT molecular complexity index is 328. The van der Waals surface area contributed by atoms with Gasteiger partial charge in [0.15, 0.2) is 0 Å². The van der Waals surface area contributed by atoms with E-state index in [4.69, 9.17) is 10.5 Å². The third kappa shape index (κ3) is 3.53. The zero-order valence-corrected chi connectivity index (χ0v) is 10.5. The molecule has 0 amide bonds. The largest absolute Gasteiger partial charge is 0.374 e. The molecule has 1 aromatic rings. The van der Waals surface area contributed by atoms with Gasteiger partial charge < -0.3 is 10.5 Å². The Balaban J connectivity index is 1.89. The minimum Gasteiger partial charge on any atom is -0.374 e. The van der Waals surface area contributed by atoms with E-state index in [1.165, 1.54) is 5.56 Å². The van der Waals surface area contributed by atoms with Crippen molar-refractivity contribution in [2.45, 2.75) is 32.0 Å². The van der Waals surface area contributed by atoms with Gasteiger partial charge in [0.25, 0.3) is 0 Å². The molecule has 0 bridgehead atoms. The Hall–Kier alpha value is -0.900. The fraction of sp³-hybridized carbons (Fsp3) is 0.571. The predicted octanol–water partition coefficient (Wildman–Crippen LogP) is 1.62. The second-order valence-corrected chi connectivity index (χ2v) is 4.70. The van der Waals surface area contributed by atoms with Crippen LogP contribution in [0, 0.1) is 0 Å². The number of hydrogen-bond donors (Lipinski definition) is 1. The topological polar surface area (TPSA) is 38.5 Å². The van der Waals surface area contributed by atoms with E-state index in [1.54, 1.807) is 0 Å². The molecule has 0 spiro atoms. The number of ether oxygens (including phenoxy) is 1. The highest BCUT2D eigenvalue weighted by molar-refractivity contribution is 5.14. The van der Waals surface area contributed by atoms with Gasteiger partial charge in [-0.05, 0) is 12.0 Å². The van der Waals surface area contributed by atoms with Crippen LogP contribution in [0.1, 0.15) is 18.9 Å². The molecule has 0 saturated carbocycles. The van der Waals surface area contributed by atoms with Gasteiger partial charge in [-0.15, -0.1) is 0 Å². The maximum atomic E-state index is 6.05. The van der Waals surface area contributed by atoms with Crippen LogP contribution in [0.25, 0.3) is 0 Å². The molecule has 1 fully saturated rings. The molecule has 17 heavy (non-hydrogen) atoms. The number of nitrogens with two attached hydrogens (primary N) is 1. The van der Waals surface area contributed by atoms with E-state index in [2.05, 4.69) is 42.2 Å². The number of benzene rings is 1. The normalized spacial score (nSPS) is 23.5. The van der Waals surface area contributed by atoms with E-state index in [0.717, 1.165) is 32.7 Å². The standard InChI is InChI=1S/C14H22N2O/c1-2-13(15)14-11-16(8-9-17-14)10-12-6-4-3-5-7-12/h3-7,13-14H,2,8-11,15H2,1H3/t13-,14-/m1/s1. The Morgan fingerprint density at radius 1 is 1.41 bits per heavy atom. The van der Waals surface area contributed by atoms with E-state index in [-0.39, 0.29) is 12.1 Å². The third-order valence-electron chi connectivity index (χ3n) is 3.38. The molecule has 0 aliphatic carbocycles. The molecule has 2 rings (SSSR count). The fourth-order valence-corrected chi connectivity index (χ4v) is 2.24. The van der Waals surface area contributed by atoms with Gasteiger partial charge in [-0.2, -0.15) is 0 Å². The van der Waals surface area contributed by atoms with Gasteiger partial charge in [0.1, 0.15) is 0 Å². The molecule has 3 nitrogen and oxygen atoms in total. The van der Waals surface area contributed by atoms with Crippen molar-refractivity contribution in [1.82, 2.24) is 4.90 Å². The molecule has 94 valence electrons. The first kappa shape index (κ1) is 12.6. The van der Waals surface area contributed by atoms with Crippen molar-refractivity contribution >= 4 is 0 Å². The molecule has 3 heteroatoms. The molecule has 1 saturated heterocycles. The maximum Gasteiger partial charge on any atom is 0.0853 e. The lowest BCUT2D eigenvalue weighted by atomic mass is 10.1. The minimum atomic E-state index is 0.161. The van der Waals surface area contributed by atoms with E-state index < -0.39 is 0 Å². The minimum absolute atomic E-state index is 0.161. The van der Waals surface area contributed by atoms with Crippen LogP contribution in [-0.4, -0.2) is 36.7 Å². The summed E-state index contributed by atoms with van der Waals surface area (Å²) in [5.74, 6) is 0. The molecule has 0 unspecified atom stereocenters. The van der Waals surface area contributed by atoms with Crippen LogP contribution in [-0.2, 0) is 11.3 Å². The quantitative estimate of drug-likeness (QED) is 0.860. The summed E-state index contributed by atoms with van der Waals surface area (Å²) >= 11 is 0. The summed E-state index contributed by atoms with van der Waals surface area (Å²) in [6.45, 7) is 5.86. The van der Waals surface area contributed by atoms with Crippen LogP contribution in [0.15, 0.2) is 30.3 Å². The maximum absolute atomic E-state index is 6.05. The van der Waals surface area contributed by atoms with Crippen LogP contribution in [0.5, 0.6) is 0 Å². The molecule has 1 heterocycles. The van der Waals surface area contributed by atoms with Gasteiger partial charge in [0.2, 0.25) is 0 Å². The molecule has 0 aromatic heterocycles. The summed E-state index contributed by atoms with van der Waals surface area (Å²) in [7, 11) is 0. The number of nitrogens with zero attached hydrogens (tertiary/aromatic N) is 1. The van der Waals surface area contributed by atoms with Crippen LogP contribution in [0.2, 0.25) is 0 Å². The number of hydrogen-bond acceptors (Lipinski definition) is 3. The molecule has 1 aromatic carbocycles. The van der Waals surface area contributed by atoms with Crippen molar-refractivity contribution < 1.29 is 4.74 Å². The summed E-state index contributed by atoms with van der Waals surface area (Å²) in [5, 5.41) is 0. The van der Waals surface area contributed by atoms with E-state index in [9.17, 15) is 0 Å². The smallest absolute Gasteiger partial charge is 0.0853 e. The highest BCUT2D eigenvalue weighted by Crippen LogP contribution is 2.13. The first-order chi connectivity index (χ1) is 8.29. The van der Waals surface area contributed by atoms with Gasteiger partial charge in [0, 0.05) is 25.7 Å². The first-order valence-corrected chi connectivity index (χ1v) is 6.43. The lowest BCUT2D eigenvalue weighted by Gasteiger charge is -2.35. The molecular formula is C14H22N2O. The number of morpholine rings is 1. The van der Waals surface area contributed by atoms with Gasteiger partial charge in [-0.3, -0.25) is 4.90 Å². The summed E-state index contributed by atoms with van der Waals surface area (Å²) in [6.07, 6.45) is 1.17. The fourth-order valence-electron chi connectivity index (χ4n) is 2.24. The molecule has 2 atom stereocenters. The van der Waals surface area contributed by atoms with Crippen LogP contribution < -0.4 is 5.73 Å². The van der Waals surface area contributed by atoms with Crippen LogP contribution >= 0.6 is 0 Å². The SMILES string of the molecule is CC[C@@H](N)[C@H]1CN(Cc2ccccc2)CCO1. The van der Waals surface area contributed by atoms with Gasteiger partial charge in [-0.25, -0.2) is 0 Å². The predicted molar refractivity (Wildman–Crippen MR) is 69.7 cm³/mol. The third-order valence-corrected chi connectivity index (χ3v) is 3.38. The summed E-state index contributed by atoms with van der Waals surface area (Å²) in [4.78, 5) is 2.43.